The lowest BCUT2D eigenvalue weighted by Gasteiger charge is -2.11. The lowest BCUT2D eigenvalue weighted by atomic mass is 10.2. The van der Waals surface area contributed by atoms with Gasteiger partial charge in [0.1, 0.15) is 57.4 Å². The van der Waals surface area contributed by atoms with Gasteiger partial charge in [0.25, 0.3) is 0 Å². The maximum Gasteiger partial charge on any atom is 0.349 e. The SMILES string of the molecule is CCCCCOc1cc(F)c(C(=O)Oc2ccc(OC(=O)c3c(F)cc(OCCCCC)cc3F)cc2)c(F)c1. The van der Waals surface area contributed by atoms with Crippen molar-refractivity contribution < 1.29 is 46.1 Å². The van der Waals surface area contributed by atoms with E-state index in [1.54, 1.807) is 0 Å². The molecule has 0 fully saturated rings. The zero-order valence-electron chi connectivity index (χ0n) is 22.2. The maximum absolute atomic E-state index is 14.4. The molecule has 0 aliphatic carbocycles. The van der Waals surface area contributed by atoms with E-state index in [9.17, 15) is 27.2 Å². The molecule has 10 heteroatoms. The predicted molar refractivity (Wildman–Crippen MR) is 139 cm³/mol. The monoisotopic (exact) mass is 562 g/mol. The second-order valence-corrected chi connectivity index (χ2v) is 8.89. The van der Waals surface area contributed by atoms with Crippen LogP contribution in [0.25, 0.3) is 0 Å². The average Bonchev–Trinajstić information content (AvgIpc) is 2.89. The van der Waals surface area contributed by atoms with Crippen LogP contribution >= 0.6 is 0 Å². The topological polar surface area (TPSA) is 71.1 Å². The summed E-state index contributed by atoms with van der Waals surface area (Å²) >= 11 is 0. The van der Waals surface area contributed by atoms with Crippen molar-refractivity contribution in [2.24, 2.45) is 0 Å². The van der Waals surface area contributed by atoms with Crippen LogP contribution in [0.15, 0.2) is 48.5 Å². The Labute approximate surface area is 229 Å². The Morgan fingerprint density at radius 3 is 1.18 bits per heavy atom. The molecule has 0 N–H and O–H groups in total. The van der Waals surface area contributed by atoms with Crippen molar-refractivity contribution in [2.75, 3.05) is 13.2 Å². The minimum Gasteiger partial charge on any atom is -0.493 e. The summed E-state index contributed by atoms with van der Waals surface area (Å²) in [4.78, 5) is 24.8. The summed E-state index contributed by atoms with van der Waals surface area (Å²) in [5.74, 6) is -7.52. The van der Waals surface area contributed by atoms with Crippen molar-refractivity contribution in [2.45, 2.75) is 52.4 Å². The van der Waals surface area contributed by atoms with E-state index in [0.717, 1.165) is 62.8 Å². The number of hydrogen-bond acceptors (Lipinski definition) is 6. The van der Waals surface area contributed by atoms with E-state index >= 15 is 0 Å². The number of rotatable bonds is 14. The second kappa shape index (κ2) is 14.9. The van der Waals surface area contributed by atoms with Crippen LogP contribution in [0, 0.1) is 23.3 Å². The van der Waals surface area contributed by atoms with Crippen molar-refractivity contribution in [1.82, 2.24) is 0 Å². The fourth-order valence-corrected chi connectivity index (χ4v) is 3.63. The largest absolute Gasteiger partial charge is 0.493 e. The van der Waals surface area contributed by atoms with Crippen LogP contribution in [0.1, 0.15) is 73.1 Å². The number of carbonyl (C=O) groups excluding carboxylic acids is 2. The van der Waals surface area contributed by atoms with Crippen molar-refractivity contribution >= 4 is 11.9 Å². The summed E-state index contributed by atoms with van der Waals surface area (Å²) in [6, 6.07) is 8.33. The predicted octanol–water partition coefficient (Wildman–Crippen LogP) is 7.82. The lowest BCUT2D eigenvalue weighted by molar-refractivity contribution is 0.0708. The zero-order valence-corrected chi connectivity index (χ0v) is 22.2. The molecule has 0 aliphatic heterocycles. The first-order valence-corrected chi connectivity index (χ1v) is 13.0. The summed E-state index contributed by atoms with van der Waals surface area (Å²) in [6.07, 6.45) is 5.17. The molecular formula is C30H30F4O6. The first-order chi connectivity index (χ1) is 19.2. The third kappa shape index (κ3) is 8.46. The molecular weight excluding hydrogens is 532 g/mol. The third-order valence-electron chi connectivity index (χ3n) is 5.72. The molecule has 3 aromatic rings. The van der Waals surface area contributed by atoms with Crippen LogP contribution in [0.2, 0.25) is 0 Å². The molecule has 0 saturated carbocycles. The summed E-state index contributed by atoms with van der Waals surface area (Å²) in [7, 11) is 0. The number of carbonyl (C=O) groups is 2. The molecule has 214 valence electrons. The van der Waals surface area contributed by atoms with Gasteiger partial charge in [-0.25, -0.2) is 27.2 Å². The van der Waals surface area contributed by atoms with E-state index in [1.165, 1.54) is 24.3 Å². The van der Waals surface area contributed by atoms with E-state index in [0.29, 0.717) is 0 Å². The number of halogens is 4. The third-order valence-corrected chi connectivity index (χ3v) is 5.72. The van der Waals surface area contributed by atoms with E-state index in [-0.39, 0.29) is 36.2 Å². The van der Waals surface area contributed by atoms with Gasteiger partial charge < -0.3 is 18.9 Å². The standard InChI is InChI=1S/C30H30F4O6/c1-3-5-7-13-37-21-15-23(31)27(24(32)16-21)29(35)39-19-9-11-20(12-10-19)40-30(36)28-25(33)17-22(18-26(28)34)38-14-8-6-4-2/h9-12,15-18H,3-8,13-14H2,1-2H3. The van der Waals surface area contributed by atoms with Gasteiger partial charge in [0.05, 0.1) is 13.2 Å². The van der Waals surface area contributed by atoms with Crippen LogP contribution in [-0.2, 0) is 0 Å². The fourth-order valence-electron chi connectivity index (χ4n) is 3.63. The van der Waals surface area contributed by atoms with Crippen molar-refractivity contribution in [1.29, 1.82) is 0 Å². The Balaban J connectivity index is 1.61. The maximum atomic E-state index is 14.4. The van der Waals surface area contributed by atoms with Crippen LogP contribution in [0.4, 0.5) is 17.6 Å². The summed E-state index contributed by atoms with van der Waals surface area (Å²) in [5.41, 5.74) is -1.81. The van der Waals surface area contributed by atoms with Gasteiger partial charge in [-0.15, -0.1) is 0 Å². The minimum atomic E-state index is -1.29. The lowest BCUT2D eigenvalue weighted by Crippen LogP contribution is -2.14. The Hall–Kier alpha value is -4.08. The van der Waals surface area contributed by atoms with Crippen LogP contribution < -0.4 is 18.9 Å². The molecule has 3 aromatic carbocycles. The second-order valence-electron chi connectivity index (χ2n) is 8.89. The molecule has 0 atom stereocenters. The number of esters is 2. The van der Waals surface area contributed by atoms with E-state index in [2.05, 4.69) is 0 Å². The quantitative estimate of drug-likeness (QED) is 0.0864. The molecule has 0 aliphatic rings. The van der Waals surface area contributed by atoms with Crippen LogP contribution in [-0.4, -0.2) is 25.2 Å². The molecule has 0 amide bonds. The molecule has 0 spiro atoms. The molecule has 40 heavy (non-hydrogen) atoms. The van der Waals surface area contributed by atoms with Crippen LogP contribution in [0.3, 0.4) is 0 Å². The van der Waals surface area contributed by atoms with Crippen molar-refractivity contribution in [3.63, 3.8) is 0 Å². The molecule has 0 radical (unpaired) electrons. The fraction of sp³-hybridized carbons (Fsp3) is 0.333. The van der Waals surface area contributed by atoms with E-state index in [4.69, 9.17) is 18.9 Å². The van der Waals surface area contributed by atoms with Gasteiger partial charge in [-0.2, -0.15) is 0 Å². The summed E-state index contributed by atoms with van der Waals surface area (Å²) in [6.45, 7) is 4.58. The van der Waals surface area contributed by atoms with Gasteiger partial charge in [0.2, 0.25) is 0 Å². The molecule has 0 saturated heterocycles. The van der Waals surface area contributed by atoms with Gasteiger partial charge in [0.15, 0.2) is 0 Å². The Morgan fingerprint density at radius 1 is 0.550 bits per heavy atom. The number of hydrogen-bond donors (Lipinski definition) is 0. The summed E-state index contributed by atoms with van der Waals surface area (Å²) in [5, 5.41) is 0. The highest BCUT2D eigenvalue weighted by atomic mass is 19.1. The summed E-state index contributed by atoms with van der Waals surface area (Å²) < 4.78 is 78.5. The first-order valence-electron chi connectivity index (χ1n) is 13.0. The van der Waals surface area contributed by atoms with E-state index < -0.39 is 46.3 Å². The number of benzene rings is 3. The highest BCUT2D eigenvalue weighted by Gasteiger charge is 2.23. The molecule has 0 aromatic heterocycles. The highest BCUT2D eigenvalue weighted by molar-refractivity contribution is 5.92. The highest BCUT2D eigenvalue weighted by Crippen LogP contribution is 2.26. The normalized spacial score (nSPS) is 10.8. The molecule has 0 unspecified atom stereocenters. The number of ether oxygens (including phenoxy) is 4. The van der Waals surface area contributed by atoms with Gasteiger partial charge in [-0.1, -0.05) is 39.5 Å². The molecule has 0 heterocycles. The average molecular weight is 563 g/mol. The molecule has 6 nitrogen and oxygen atoms in total. The van der Waals surface area contributed by atoms with Gasteiger partial charge in [-0.3, -0.25) is 0 Å². The Bertz CT molecular complexity index is 1160. The first kappa shape index (κ1) is 30.5. The smallest absolute Gasteiger partial charge is 0.349 e. The Kier molecular flexibility index (Phi) is 11.4. The molecule has 0 bridgehead atoms. The molecule has 3 rings (SSSR count). The van der Waals surface area contributed by atoms with Gasteiger partial charge in [-0.05, 0) is 37.1 Å². The minimum absolute atomic E-state index is 0.0455. The number of unbranched alkanes of at least 4 members (excludes halogenated alkanes) is 4. The Morgan fingerprint density at radius 2 is 0.875 bits per heavy atom. The van der Waals surface area contributed by atoms with Crippen molar-refractivity contribution in [3.05, 3.63) is 82.9 Å². The van der Waals surface area contributed by atoms with E-state index in [1.807, 2.05) is 13.8 Å². The van der Waals surface area contributed by atoms with Crippen molar-refractivity contribution in [3.8, 4) is 23.0 Å². The zero-order chi connectivity index (χ0) is 29.1. The van der Waals surface area contributed by atoms with Gasteiger partial charge in [0, 0.05) is 24.3 Å². The van der Waals surface area contributed by atoms with Gasteiger partial charge >= 0.3 is 11.9 Å². The van der Waals surface area contributed by atoms with Crippen LogP contribution in [0.5, 0.6) is 23.0 Å².